The minimum Gasteiger partial charge on any atom is -0.450 e. The highest BCUT2D eigenvalue weighted by molar-refractivity contribution is 5.68. The number of piperazine rings is 1. The zero-order valence-corrected chi connectivity index (χ0v) is 15.5. The molecule has 0 bridgehead atoms. The van der Waals surface area contributed by atoms with Crippen LogP contribution >= 0.6 is 0 Å². The Morgan fingerprint density at radius 3 is 2.85 bits per heavy atom. The van der Waals surface area contributed by atoms with Gasteiger partial charge in [0.15, 0.2) is 5.82 Å². The SMILES string of the molecule is CCOC(=O)N1CCN(c2cnnc(NCCC3=CCCCC3)n2)CC1. The molecule has 1 aromatic heterocycles. The lowest BCUT2D eigenvalue weighted by molar-refractivity contribution is 0.105. The summed E-state index contributed by atoms with van der Waals surface area (Å²) in [5.74, 6) is 1.36. The normalized spacial score (nSPS) is 17.7. The summed E-state index contributed by atoms with van der Waals surface area (Å²) in [6, 6.07) is 0. The lowest BCUT2D eigenvalue weighted by Gasteiger charge is -2.34. The van der Waals surface area contributed by atoms with Crippen molar-refractivity contribution in [1.82, 2.24) is 20.1 Å². The van der Waals surface area contributed by atoms with Gasteiger partial charge in [-0.05, 0) is 39.0 Å². The minimum absolute atomic E-state index is 0.243. The Morgan fingerprint density at radius 1 is 1.27 bits per heavy atom. The molecule has 1 amide bonds. The van der Waals surface area contributed by atoms with E-state index in [2.05, 4.69) is 31.5 Å². The molecule has 1 fully saturated rings. The Balaban J connectivity index is 1.48. The number of carbonyl (C=O) groups is 1. The van der Waals surface area contributed by atoms with E-state index >= 15 is 0 Å². The van der Waals surface area contributed by atoms with Gasteiger partial charge in [-0.2, -0.15) is 10.1 Å². The molecular formula is C18H28N6O2. The van der Waals surface area contributed by atoms with Crippen LogP contribution in [-0.2, 0) is 4.74 Å². The molecule has 0 spiro atoms. The van der Waals surface area contributed by atoms with E-state index in [4.69, 9.17) is 4.74 Å². The summed E-state index contributed by atoms with van der Waals surface area (Å²) in [5, 5.41) is 11.4. The van der Waals surface area contributed by atoms with Gasteiger partial charge in [0.2, 0.25) is 5.95 Å². The molecule has 142 valence electrons. The van der Waals surface area contributed by atoms with Crippen LogP contribution in [0.4, 0.5) is 16.6 Å². The summed E-state index contributed by atoms with van der Waals surface area (Å²) in [4.78, 5) is 20.2. The molecule has 2 heterocycles. The summed E-state index contributed by atoms with van der Waals surface area (Å²) in [7, 11) is 0. The van der Waals surface area contributed by atoms with Gasteiger partial charge in [0, 0.05) is 32.7 Å². The second-order valence-corrected chi connectivity index (χ2v) is 6.60. The second-order valence-electron chi connectivity index (χ2n) is 6.60. The van der Waals surface area contributed by atoms with E-state index in [1.165, 1.54) is 31.3 Å². The van der Waals surface area contributed by atoms with E-state index < -0.39 is 0 Å². The molecule has 0 atom stereocenters. The van der Waals surface area contributed by atoms with Crippen molar-refractivity contribution < 1.29 is 9.53 Å². The van der Waals surface area contributed by atoms with Crippen molar-refractivity contribution in [3.8, 4) is 0 Å². The first-order valence-corrected chi connectivity index (χ1v) is 9.54. The number of hydrogen-bond acceptors (Lipinski definition) is 7. The van der Waals surface area contributed by atoms with E-state index in [-0.39, 0.29) is 6.09 Å². The van der Waals surface area contributed by atoms with Crippen molar-refractivity contribution in [3.05, 3.63) is 17.8 Å². The van der Waals surface area contributed by atoms with Gasteiger partial charge in [-0.1, -0.05) is 11.6 Å². The molecule has 1 saturated heterocycles. The van der Waals surface area contributed by atoms with Gasteiger partial charge in [0.1, 0.15) is 0 Å². The second kappa shape index (κ2) is 9.35. The summed E-state index contributed by atoms with van der Waals surface area (Å²) in [5.41, 5.74) is 1.53. The van der Waals surface area contributed by atoms with Crippen molar-refractivity contribution in [3.63, 3.8) is 0 Å². The quantitative estimate of drug-likeness (QED) is 0.780. The molecule has 2 aliphatic rings. The monoisotopic (exact) mass is 360 g/mol. The Bertz CT molecular complexity index is 628. The standard InChI is InChI=1S/C18H28N6O2/c1-2-26-18(25)24-12-10-23(11-13-24)16-14-20-22-17(21-16)19-9-8-15-6-4-3-5-7-15/h6,14H,2-5,7-13H2,1H3,(H,19,21,22). The number of ether oxygens (including phenoxy) is 1. The third-order valence-electron chi connectivity index (χ3n) is 4.79. The maximum atomic E-state index is 11.8. The summed E-state index contributed by atoms with van der Waals surface area (Å²) < 4.78 is 5.05. The molecule has 26 heavy (non-hydrogen) atoms. The maximum Gasteiger partial charge on any atom is 0.409 e. The number of hydrogen-bond donors (Lipinski definition) is 1. The molecular weight excluding hydrogens is 332 g/mol. The zero-order chi connectivity index (χ0) is 18.2. The maximum absolute atomic E-state index is 11.8. The fourth-order valence-corrected chi connectivity index (χ4v) is 3.32. The van der Waals surface area contributed by atoms with E-state index in [0.29, 0.717) is 38.7 Å². The van der Waals surface area contributed by atoms with Crippen LogP contribution in [0.3, 0.4) is 0 Å². The number of nitrogens with zero attached hydrogens (tertiary/aromatic N) is 5. The highest BCUT2D eigenvalue weighted by Crippen LogP contribution is 2.20. The first kappa shape index (κ1) is 18.4. The molecule has 3 rings (SSSR count). The predicted octanol–water partition coefficient (Wildman–Crippen LogP) is 2.45. The van der Waals surface area contributed by atoms with Crippen LogP contribution in [0.15, 0.2) is 17.8 Å². The van der Waals surface area contributed by atoms with Crippen LogP contribution in [0.2, 0.25) is 0 Å². The van der Waals surface area contributed by atoms with Crippen LogP contribution in [0.5, 0.6) is 0 Å². The van der Waals surface area contributed by atoms with Gasteiger partial charge in [-0.3, -0.25) is 0 Å². The molecule has 1 aliphatic heterocycles. The summed E-state index contributed by atoms with van der Waals surface area (Å²) >= 11 is 0. The van der Waals surface area contributed by atoms with Crippen molar-refractivity contribution in [1.29, 1.82) is 0 Å². The number of anilines is 2. The van der Waals surface area contributed by atoms with Crippen molar-refractivity contribution >= 4 is 17.9 Å². The lowest BCUT2D eigenvalue weighted by atomic mass is 9.97. The average Bonchev–Trinajstić information content (AvgIpc) is 2.69. The van der Waals surface area contributed by atoms with E-state index in [9.17, 15) is 4.79 Å². The molecule has 0 radical (unpaired) electrons. The molecule has 8 nitrogen and oxygen atoms in total. The Labute approximate surface area is 154 Å². The highest BCUT2D eigenvalue weighted by Gasteiger charge is 2.23. The zero-order valence-electron chi connectivity index (χ0n) is 15.5. The number of nitrogens with one attached hydrogen (secondary N) is 1. The Kier molecular flexibility index (Phi) is 6.62. The Hall–Kier alpha value is -2.38. The molecule has 1 aromatic rings. The van der Waals surface area contributed by atoms with E-state index in [1.54, 1.807) is 11.1 Å². The smallest absolute Gasteiger partial charge is 0.409 e. The van der Waals surface area contributed by atoms with Crippen molar-refractivity contribution in [2.75, 3.05) is 49.5 Å². The molecule has 8 heteroatoms. The highest BCUT2D eigenvalue weighted by atomic mass is 16.6. The van der Waals surface area contributed by atoms with E-state index in [1.807, 2.05) is 6.92 Å². The number of amides is 1. The Morgan fingerprint density at radius 2 is 2.12 bits per heavy atom. The van der Waals surface area contributed by atoms with Crippen molar-refractivity contribution in [2.45, 2.75) is 39.0 Å². The molecule has 0 saturated carbocycles. The van der Waals surface area contributed by atoms with Gasteiger partial charge in [0.25, 0.3) is 0 Å². The lowest BCUT2D eigenvalue weighted by Crippen LogP contribution is -2.49. The predicted molar refractivity (Wildman–Crippen MR) is 100 cm³/mol. The fourth-order valence-electron chi connectivity index (χ4n) is 3.32. The van der Waals surface area contributed by atoms with Gasteiger partial charge in [-0.15, -0.1) is 5.10 Å². The van der Waals surface area contributed by atoms with Gasteiger partial charge in [0.05, 0.1) is 12.8 Å². The van der Waals surface area contributed by atoms with Crippen LogP contribution in [-0.4, -0.2) is 65.5 Å². The summed E-state index contributed by atoms with van der Waals surface area (Å²) in [6.45, 7) is 5.72. The molecule has 1 aliphatic carbocycles. The number of rotatable bonds is 6. The molecule has 0 unspecified atom stereocenters. The van der Waals surface area contributed by atoms with E-state index in [0.717, 1.165) is 18.8 Å². The van der Waals surface area contributed by atoms with Crippen LogP contribution in [0.1, 0.15) is 39.0 Å². The first-order chi connectivity index (χ1) is 12.8. The first-order valence-electron chi connectivity index (χ1n) is 9.54. The van der Waals surface area contributed by atoms with Gasteiger partial charge in [-0.25, -0.2) is 4.79 Å². The topological polar surface area (TPSA) is 83.5 Å². The van der Waals surface area contributed by atoms with Crippen LogP contribution in [0.25, 0.3) is 0 Å². The van der Waals surface area contributed by atoms with Crippen LogP contribution in [0, 0.1) is 0 Å². The molecule has 1 N–H and O–H groups in total. The van der Waals surface area contributed by atoms with Gasteiger partial charge >= 0.3 is 6.09 Å². The number of allylic oxidation sites excluding steroid dienone is 1. The summed E-state index contributed by atoms with van der Waals surface area (Å²) in [6.07, 6.45) is 9.87. The third-order valence-corrected chi connectivity index (χ3v) is 4.79. The van der Waals surface area contributed by atoms with Gasteiger partial charge < -0.3 is 19.9 Å². The largest absolute Gasteiger partial charge is 0.450 e. The molecule has 0 aromatic carbocycles. The number of aromatic nitrogens is 3. The average molecular weight is 360 g/mol. The third kappa shape index (κ3) is 5.06. The fraction of sp³-hybridized carbons (Fsp3) is 0.667. The van der Waals surface area contributed by atoms with Crippen molar-refractivity contribution in [2.24, 2.45) is 0 Å². The minimum atomic E-state index is -0.243. The van der Waals surface area contributed by atoms with Crippen LogP contribution < -0.4 is 10.2 Å². The number of carbonyl (C=O) groups excluding carboxylic acids is 1.